The Balaban J connectivity index is 1.58. The summed E-state index contributed by atoms with van der Waals surface area (Å²) in [6, 6.07) is 8.21. The van der Waals surface area contributed by atoms with Crippen LogP contribution in [-0.4, -0.2) is 15.7 Å². The molecule has 21 heavy (non-hydrogen) atoms. The fourth-order valence-electron chi connectivity index (χ4n) is 2.57. The number of carbonyl (C=O) groups excluding carboxylic acids is 1. The van der Waals surface area contributed by atoms with Crippen LogP contribution in [0, 0.1) is 0 Å². The van der Waals surface area contributed by atoms with E-state index >= 15 is 0 Å². The lowest BCUT2D eigenvalue weighted by Crippen LogP contribution is -2.34. The molecule has 0 spiro atoms. The first kappa shape index (κ1) is 14.3. The van der Waals surface area contributed by atoms with Crippen LogP contribution in [0.1, 0.15) is 30.4 Å². The zero-order valence-corrected chi connectivity index (χ0v) is 13.6. The maximum absolute atomic E-state index is 12.2. The zero-order chi connectivity index (χ0) is 14.9. The predicted molar refractivity (Wildman–Crippen MR) is 84.7 cm³/mol. The number of halogens is 1. The molecule has 5 heteroatoms. The minimum absolute atomic E-state index is 0.110. The lowest BCUT2D eigenvalue weighted by molar-refractivity contribution is -0.122. The summed E-state index contributed by atoms with van der Waals surface area (Å²) in [5.41, 5.74) is 2.16. The van der Waals surface area contributed by atoms with Crippen molar-refractivity contribution < 1.29 is 4.79 Å². The molecule has 1 heterocycles. The highest BCUT2D eigenvalue weighted by Crippen LogP contribution is 2.45. The summed E-state index contributed by atoms with van der Waals surface area (Å²) in [6.45, 7) is 0. The molecule has 1 N–H and O–H groups in total. The van der Waals surface area contributed by atoms with Crippen molar-refractivity contribution in [3.8, 4) is 0 Å². The minimum atomic E-state index is -0.132. The van der Waals surface area contributed by atoms with Gasteiger partial charge in [0.15, 0.2) is 0 Å². The third-order valence-electron chi connectivity index (χ3n) is 3.92. The summed E-state index contributed by atoms with van der Waals surface area (Å²) in [5, 5.41) is 7.32. The van der Waals surface area contributed by atoms with Crippen molar-refractivity contribution in [1.82, 2.24) is 15.1 Å². The van der Waals surface area contributed by atoms with Crippen molar-refractivity contribution in [2.45, 2.75) is 31.2 Å². The molecular formula is C16H18BrN3O. The lowest BCUT2D eigenvalue weighted by atomic mass is 10.0. The zero-order valence-electron chi connectivity index (χ0n) is 12.0. The Morgan fingerprint density at radius 2 is 2.10 bits per heavy atom. The molecular weight excluding hydrogens is 330 g/mol. The maximum Gasteiger partial charge on any atom is 0.221 e. The topological polar surface area (TPSA) is 46.9 Å². The molecule has 1 aromatic heterocycles. The number of aryl methyl sites for hydroxylation is 2. The van der Waals surface area contributed by atoms with Crippen LogP contribution in [0.4, 0.5) is 0 Å². The summed E-state index contributed by atoms with van der Waals surface area (Å²) in [6.07, 6.45) is 7.05. The van der Waals surface area contributed by atoms with Crippen molar-refractivity contribution in [2.24, 2.45) is 7.05 Å². The van der Waals surface area contributed by atoms with E-state index in [0.29, 0.717) is 6.42 Å². The highest BCUT2D eigenvalue weighted by molar-refractivity contribution is 9.10. The maximum atomic E-state index is 12.2. The van der Waals surface area contributed by atoms with E-state index in [4.69, 9.17) is 0 Å². The number of hydrogen-bond acceptors (Lipinski definition) is 2. The number of carbonyl (C=O) groups is 1. The van der Waals surface area contributed by atoms with Gasteiger partial charge in [-0.15, -0.1) is 0 Å². The lowest BCUT2D eigenvalue weighted by Gasteiger charge is -2.18. The smallest absolute Gasteiger partial charge is 0.221 e. The van der Waals surface area contributed by atoms with Crippen LogP contribution < -0.4 is 5.32 Å². The molecule has 0 bridgehead atoms. The first-order valence-corrected chi connectivity index (χ1v) is 7.91. The van der Waals surface area contributed by atoms with Crippen LogP contribution in [0.15, 0.2) is 41.1 Å². The highest BCUT2D eigenvalue weighted by Gasteiger charge is 2.45. The summed E-state index contributed by atoms with van der Waals surface area (Å²) >= 11 is 3.44. The predicted octanol–water partition coefficient (Wildman–Crippen LogP) is 2.92. The first-order chi connectivity index (χ1) is 10.1. The van der Waals surface area contributed by atoms with Crippen molar-refractivity contribution in [3.05, 3.63) is 52.3 Å². The van der Waals surface area contributed by atoms with Gasteiger partial charge < -0.3 is 5.32 Å². The normalized spacial score (nSPS) is 15.7. The number of aromatic nitrogens is 2. The van der Waals surface area contributed by atoms with Crippen molar-refractivity contribution in [3.63, 3.8) is 0 Å². The van der Waals surface area contributed by atoms with E-state index in [0.717, 1.165) is 29.3 Å². The molecule has 0 unspecified atom stereocenters. The number of amides is 1. The number of hydrogen-bond donors (Lipinski definition) is 1. The Kier molecular flexibility index (Phi) is 3.85. The van der Waals surface area contributed by atoms with Crippen molar-refractivity contribution in [1.29, 1.82) is 0 Å². The monoisotopic (exact) mass is 347 g/mol. The van der Waals surface area contributed by atoms with Crippen molar-refractivity contribution >= 4 is 21.8 Å². The van der Waals surface area contributed by atoms with Gasteiger partial charge in [0.1, 0.15) is 0 Å². The van der Waals surface area contributed by atoms with Gasteiger partial charge >= 0.3 is 0 Å². The molecule has 1 aliphatic carbocycles. The third kappa shape index (κ3) is 3.35. The van der Waals surface area contributed by atoms with Gasteiger partial charge in [0.05, 0.1) is 11.7 Å². The molecule has 1 amide bonds. The van der Waals surface area contributed by atoms with Gasteiger partial charge in [-0.3, -0.25) is 9.48 Å². The van der Waals surface area contributed by atoms with Gasteiger partial charge in [-0.25, -0.2) is 0 Å². The van der Waals surface area contributed by atoms with Gasteiger partial charge in [0.25, 0.3) is 0 Å². The van der Waals surface area contributed by atoms with E-state index in [9.17, 15) is 4.79 Å². The Labute approximate surface area is 132 Å². The van der Waals surface area contributed by atoms with E-state index in [1.807, 2.05) is 31.6 Å². The molecule has 2 aromatic rings. The molecule has 1 aliphatic rings. The second-order valence-corrected chi connectivity index (χ2v) is 6.58. The Hall–Kier alpha value is -1.62. The second-order valence-electron chi connectivity index (χ2n) is 5.66. The molecule has 110 valence electrons. The van der Waals surface area contributed by atoms with E-state index in [1.54, 1.807) is 4.68 Å². The van der Waals surface area contributed by atoms with E-state index in [2.05, 4.69) is 38.5 Å². The number of rotatable bonds is 5. The molecule has 1 aromatic carbocycles. The summed E-state index contributed by atoms with van der Waals surface area (Å²) in [5.74, 6) is 0.110. The number of benzene rings is 1. The molecule has 1 saturated carbocycles. The summed E-state index contributed by atoms with van der Waals surface area (Å²) < 4.78 is 2.82. The summed E-state index contributed by atoms with van der Waals surface area (Å²) in [7, 11) is 1.89. The molecule has 4 nitrogen and oxygen atoms in total. The minimum Gasteiger partial charge on any atom is -0.347 e. The van der Waals surface area contributed by atoms with E-state index in [1.165, 1.54) is 5.56 Å². The van der Waals surface area contributed by atoms with Crippen LogP contribution in [0.3, 0.4) is 0 Å². The van der Waals surface area contributed by atoms with Crippen LogP contribution in [-0.2, 0) is 23.8 Å². The molecule has 0 atom stereocenters. The van der Waals surface area contributed by atoms with E-state index < -0.39 is 0 Å². The fourth-order valence-corrected chi connectivity index (χ4v) is 2.83. The average molecular weight is 348 g/mol. The number of nitrogens with one attached hydrogen (secondary N) is 1. The Morgan fingerprint density at radius 1 is 1.38 bits per heavy atom. The Bertz CT molecular complexity index is 644. The molecule has 0 radical (unpaired) electrons. The van der Waals surface area contributed by atoms with Crippen LogP contribution in [0.5, 0.6) is 0 Å². The van der Waals surface area contributed by atoms with Crippen LogP contribution >= 0.6 is 15.9 Å². The largest absolute Gasteiger partial charge is 0.347 e. The van der Waals surface area contributed by atoms with Gasteiger partial charge in [0, 0.05) is 24.1 Å². The van der Waals surface area contributed by atoms with Gasteiger partial charge in [-0.1, -0.05) is 28.1 Å². The Morgan fingerprint density at radius 3 is 2.67 bits per heavy atom. The van der Waals surface area contributed by atoms with Crippen molar-refractivity contribution in [2.75, 3.05) is 0 Å². The molecule has 0 aliphatic heterocycles. The fraction of sp³-hybridized carbons (Fsp3) is 0.375. The third-order valence-corrected chi connectivity index (χ3v) is 4.45. The number of nitrogens with zero attached hydrogens (tertiary/aromatic N) is 2. The second kappa shape index (κ2) is 5.64. The summed E-state index contributed by atoms with van der Waals surface area (Å²) in [4.78, 5) is 12.2. The standard InChI is InChI=1S/C16H18BrN3O/c1-20-11-12(10-18-20)2-7-15(21)19-16(8-9-16)13-3-5-14(17)6-4-13/h3-6,10-11H,2,7-9H2,1H3,(H,19,21). The molecule has 1 fully saturated rings. The van der Waals surface area contributed by atoms with Gasteiger partial charge in [-0.05, 0) is 42.5 Å². The van der Waals surface area contributed by atoms with Crippen LogP contribution in [0.25, 0.3) is 0 Å². The molecule has 3 rings (SSSR count). The van der Waals surface area contributed by atoms with Gasteiger partial charge in [-0.2, -0.15) is 5.10 Å². The quantitative estimate of drug-likeness (QED) is 0.903. The highest BCUT2D eigenvalue weighted by atomic mass is 79.9. The van der Waals surface area contributed by atoms with Crippen LogP contribution in [0.2, 0.25) is 0 Å². The SMILES string of the molecule is Cn1cc(CCC(=O)NC2(c3ccc(Br)cc3)CC2)cn1. The van der Waals surface area contributed by atoms with Gasteiger partial charge in [0.2, 0.25) is 5.91 Å². The molecule has 0 saturated heterocycles. The average Bonchev–Trinajstić information content (AvgIpc) is 3.11. The first-order valence-electron chi connectivity index (χ1n) is 7.12. The van der Waals surface area contributed by atoms with E-state index in [-0.39, 0.29) is 11.4 Å².